The zero-order valence-corrected chi connectivity index (χ0v) is 50.8. The predicted molar refractivity (Wildman–Crippen MR) is 342 cm³/mol. The lowest BCUT2D eigenvalue weighted by Gasteiger charge is -2.26. The van der Waals surface area contributed by atoms with Gasteiger partial charge in [0, 0.05) is 35.5 Å². The van der Waals surface area contributed by atoms with E-state index in [9.17, 15) is 28.8 Å². The molecule has 8 rings (SSSR count). The van der Waals surface area contributed by atoms with Crippen LogP contribution in [0.25, 0.3) is 21.0 Å². The molecule has 2 fully saturated rings. The van der Waals surface area contributed by atoms with Gasteiger partial charge in [-0.15, -0.1) is 6.42 Å². The highest BCUT2D eigenvalue weighted by molar-refractivity contribution is 7.22. The van der Waals surface area contributed by atoms with Crippen LogP contribution in [0.15, 0.2) is 134 Å². The highest BCUT2D eigenvalue weighted by Crippen LogP contribution is 2.36. The first-order valence-corrected chi connectivity index (χ1v) is 30.9. The van der Waals surface area contributed by atoms with Crippen molar-refractivity contribution in [3.8, 4) is 82.5 Å². The minimum absolute atomic E-state index is 0.211. The van der Waals surface area contributed by atoms with Gasteiger partial charge in [0.1, 0.15) is 34.5 Å². The molecule has 2 aliphatic carbocycles. The molecule has 0 saturated heterocycles. The second-order valence-corrected chi connectivity index (χ2v) is 22.3. The van der Waals surface area contributed by atoms with Crippen molar-refractivity contribution in [2.75, 3.05) is 31.4 Å². The number of rotatable bonds is 29. The van der Waals surface area contributed by atoms with Crippen LogP contribution in [0.5, 0.6) is 34.5 Å². The Morgan fingerprint density at radius 3 is 1.49 bits per heavy atom. The standard InChI is InChI=1S/C72H69N3O14S/c1-4-7-8-9-10-17-42-75(72-74-63-22-15-16-23-65(63)90-72)73-50-57-47-56-48-62(88-70(80)53-26-24-51(25-27-53)68(78)86-60-38-34-58(35-39-60)82-43-18-11-13-20-45-84-66(76)5-2)33-32-55(56)49-64(57)89-71(81)54-30-28-52(29-31-54)69(79)87-61-40-36-59(37-41-61)83-44-19-12-14-21-46-85-67(77)6-3/h1,5-6,15-16,22-23,32-41,47-54H,2-3,11-14,18-21,24-31,43-46H2/b73-50+. The van der Waals surface area contributed by atoms with Crippen LogP contribution in [0, 0.1) is 71.7 Å². The summed E-state index contributed by atoms with van der Waals surface area (Å²) < 4.78 is 46.3. The molecule has 2 aliphatic rings. The van der Waals surface area contributed by atoms with E-state index in [-0.39, 0.29) is 23.6 Å². The molecule has 0 unspecified atom stereocenters. The Bertz CT molecular complexity index is 3740. The molecule has 462 valence electrons. The molecular formula is C72H69N3O14S. The van der Waals surface area contributed by atoms with Crippen LogP contribution < -0.4 is 33.4 Å². The fraction of sp³-hybridized carbons (Fsp3) is 0.333. The number of terminal acetylenes is 1. The molecule has 0 N–H and O–H groups in total. The number of ether oxygens (including phenoxy) is 8. The van der Waals surface area contributed by atoms with Crippen LogP contribution in [-0.2, 0) is 38.2 Å². The summed E-state index contributed by atoms with van der Waals surface area (Å²) in [5, 5.41) is 7.88. The summed E-state index contributed by atoms with van der Waals surface area (Å²) in [4.78, 5) is 81.5. The number of hydrogen-bond acceptors (Lipinski definition) is 18. The van der Waals surface area contributed by atoms with Crippen molar-refractivity contribution in [2.24, 2.45) is 28.8 Å². The van der Waals surface area contributed by atoms with Gasteiger partial charge in [-0.2, -0.15) is 10.1 Å². The molecule has 6 aromatic rings. The van der Waals surface area contributed by atoms with Gasteiger partial charge in [-0.3, -0.25) is 19.2 Å². The minimum atomic E-state index is -0.509. The predicted octanol–water partition coefficient (Wildman–Crippen LogP) is 12.9. The maximum Gasteiger partial charge on any atom is 0.330 e. The van der Waals surface area contributed by atoms with Gasteiger partial charge < -0.3 is 37.9 Å². The molecule has 90 heavy (non-hydrogen) atoms. The number of carbonyl (C=O) groups is 6. The molecule has 0 spiro atoms. The Morgan fingerprint density at radius 2 is 0.978 bits per heavy atom. The van der Waals surface area contributed by atoms with E-state index in [2.05, 4.69) is 54.7 Å². The van der Waals surface area contributed by atoms with E-state index in [0.29, 0.717) is 128 Å². The van der Waals surface area contributed by atoms with Crippen LogP contribution in [0.3, 0.4) is 0 Å². The number of unbranched alkanes of at least 4 members (excludes halogenated alkanes) is 6. The number of thiazole rings is 1. The molecule has 0 amide bonds. The lowest BCUT2D eigenvalue weighted by molar-refractivity contribution is -0.145. The number of carbonyl (C=O) groups excluding carboxylic acids is 6. The second-order valence-electron chi connectivity index (χ2n) is 21.3. The van der Waals surface area contributed by atoms with Gasteiger partial charge in [-0.1, -0.05) is 42.7 Å². The van der Waals surface area contributed by atoms with E-state index in [1.807, 2.05) is 24.3 Å². The van der Waals surface area contributed by atoms with Crippen molar-refractivity contribution in [1.82, 2.24) is 4.98 Å². The summed E-state index contributed by atoms with van der Waals surface area (Å²) in [6.07, 6.45) is 19.3. The largest absolute Gasteiger partial charge is 0.494 e. The summed E-state index contributed by atoms with van der Waals surface area (Å²) in [5.41, 5.74) is 1.13. The second kappa shape index (κ2) is 35.0. The lowest BCUT2D eigenvalue weighted by Crippen LogP contribution is -2.30. The van der Waals surface area contributed by atoms with Crippen molar-refractivity contribution in [3.63, 3.8) is 0 Å². The van der Waals surface area contributed by atoms with Crippen molar-refractivity contribution in [2.45, 2.75) is 103 Å². The number of anilines is 1. The van der Waals surface area contributed by atoms with Gasteiger partial charge in [0.2, 0.25) is 5.13 Å². The van der Waals surface area contributed by atoms with E-state index in [4.69, 9.17) is 54.4 Å². The Hall–Kier alpha value is -10.1. The van der Waals surface area contributed by atoms with Crippen LogP contribution >= 0.6 is 11.3 Å². The number of fused-ring (bicyclic) bond motifs is 2. The van der Waals surface area contributed by atoms with Crippen molar-refractivity contribution < 1.29 is 66.7 Å². The van der Waals surface area contributed by atoms with Crippen molar-refractivity contribution in [3.05, 3.63) is 134 Å². The van der Waals surface area contributed by atoms with E-state index >= 15 is 0 Å². The summed E-state index contributed by atoms with van der Waals surface area (Å²) in [6, 6.07) is 33.0. The molecule has 1 aromatic heterocycles. The average molecular weight is 1230 g/mol. The topological polar surface area (TPSA) is 205 Å². The first kappa shape index (κ1) is 65.8. The average Bonchev–Trinajstić information content (AvgIpc) is 1.86. The fourth-order valence-electron chi connectivity index (χ4n) is 10.0. The Morgan fingerprint density at radius 1 is 0.522 bits per heavy atom. The number of hydrazone groups is 1. The van der Waals surface area contributed by atoms with Crippen LogP contribution in [0.4, 0.5) is 5.13 Å². The van der Waals surface area contributed by atoms with Gasteiger partial charge in [0.15, 0.2) is 0 Å². The fourth-order valence-corrected chi connectivity index (χ4v) is 10.9. The third kappa shape index (κ3) is 20.8. The first-order valence-electron chi connectivity index (χ1n) is 30.1. The van der Waals surface area contributed by atoms with E-state index < -0.39 is 41.6 Å². The molecule has 18 heteroatoms. The zero-order valence-electron chi connectivity index (χ0n) is 50.0. The maximum atomic E-state index is 14.1. The zero-order chi connectivity index (χ0) is 63.3. The van der Waals surface area contributed by atoms with Gasteiger partial charge in [-0.05, 0) is 216 Å². The maximum absolute atomic E-state index is 14.1. The van der Waals surface area contributed by atoms with E-state index in [0.717, 1.165) is 73.7 Å². The lowest BCUT2D eigenvalue weighted by atomic mass is 9.82. The SMILES string of the molecule is C#CC#CC#CC#CN(/N=C/c1cc2cc(OC(=O)C3CCC(C(=O)Oc4ccc(OCCCCCCOC(=O)C=C)cc4)CC3)ccc2cc1OC(=O)C1CCC(C(=O)Oc2ccc(OCCCCCCOC(=O)C=C)cc2)CC1)c1nc2ccccc2s1. The summed E-state index contributed by atoms with van der Waals surface area (Å²) in [5.74, 6) is 13.6. The van der Waals surface area contributed by atoms with Gasteiger partial charge in [-0.25, -0.2) is 14.6 Å². The molecule has 1 heterocycles. The first-order chi connectivity index (χ1) is 43.9. The highest BCUT2D eigenvalue weighted by atomic mass is 32.1. The van der Waals surface area contributed by atoms with Crippen LogP contribution in [-0.4, -0.2) is 73.4 Å². The third-order valence-electron chi connectivity index (χ3n) is 14.9. The number of esters is 6. The monoisotopic (exact) mass is 1230 g/mol. The van der Waals surface area contributed by atoms with Crippen molar-refractivity contribution in [1.29, 1.82) is 0 Å². The normalized spacial score (nSPS) is 15.8. The number of benzene rings is 5. The molecule has 0 aliphatic heterocycles. The number of nitrogens with zero attached hydrogens (tertiary/aromatic N) is 3. The van der Waals surface area contributed by atoms with Gasteiger partial charge in [0.25, 0.3) is 0 Å². The van der Waals surface area contributed by atoms with Gasteiger partial charge >= 0.3 is 35.8 Å². The smallest absolute Gasteiger partial charge is 0.330 e. The summed E-state index contributed by atoms with van der Waals surface area (Å²) in [7, 11) is 0. The summed E-state index contributed by atoms with van der Waals surface area (Å²) in [6.45, 7) is 8.55. The number of aromatic nitrogens is 1. The molecule has 5 aromatic carbocycles. The third-order valence-corrected chi connectivity index (χ3v) is 16.0. The summed E-state index contributed by atoms with van der Waals surface area (Å²) >= 11 is 1.36. The quantitative estimate of drug-likeness (QED) is 0.00626. The Labute approximate surface area is 528 Å². The molecular weight excluding hydrogens is 1160 g/mol. The Balaban J connectivity index is 0.875. The molecule has 2 saturated carbocycles. The molecule has 0 radical (unpaired) electrons. The van der Waals surface area contributed by atoms with Gasteiger partial charge in [0.05, 0.1) is 72.6 Å². The van der Waals surface area contributed by atoms with Crippen LogP contribution in [0.2, 0.25) is 0 Å². The highest BCUT2D eigenvalue weighted by Gasteiger charge is 2.34. The number of para-hydroxylation sites is 1. The van der Waals surface area contributed by atoms with E-state index in [1.54, 1.807) is 78.9 Å². The van der Waals surface area contributed by atoms with Crippen molar-refractivity contribution >= 4 is 79.5 Å². The van der Waals surface area contributed by atoms with E-state index in [1.165, 1.54) is 22.6 Å². The van der Waals surface area contributed by atoms with Crippen LogP contribution in [0.1, 0.15) is 108 Å². The molecule has 17 nitrogen and oxygen atoms in total. The number of hydrogen-bond donors (Lipinski definition) is 0. The minimum Gasteiger partial charge on any atom is -0.494 e. The molecule has 0 bridgehead atoms. The molecule has 0 atom stereocenters. The Kier molecular flexibility index (Phi) is 25.6.